The number of carbonyl (C=O) groups is 1. The molecule has 0 aliphatic heterocycles. The predicted molar refractivity (Wildman–Crippen MR) is 122 cm³/mol. The molecule has 2 aromatic heterocycles. The van der Waals surface area contributed by atoms with Crippen LogP contribution in [0.4, 0.5) is 5.95 Å². The summed E-state index contributed by atoms with van der Waals surface area (Å²) in [6.07, 6.45) is 7.82. The lowest BCUT2D eigenvalue weighted by Gasteiger charge is -2.26. The Hall–Kier alpha value is -2.96. The highest BCUT2D eigenvalue weighted by atomic mass is 16.5. The van der Waals surface area contributed by atoms with Crippen molar-refractivity contribution < 1.29 is 9.53 Å². The van der Waals surface area contributed by atoms with Crippen LogP contribution in [0.5, 0.6) is 0 Å². The summed E-state index contributed by atoms with van der Waals surface area (Å²) in [6, 6.07) is 6.67. The molecule has 2 heterocycles. The Balaban J connectivity index is 1.63. The number of ether oxygens (including phenoxy) is 1. The molecule has 1 aliphatic rings. The molecule has 0 radical (unpaired) electrons. The van der Waals surface area contributed by atoms with Crippen LogP contribution in [-0.2, 0) is 29.4 Å². The Bertz CT molecular complexity index is 1080. The molecule has 1 saturated carbocycles. The maximum absolute atomic E-state index is 11.6. The van der Waals surface area contributed by atoms with Crippen LogP contribution in [0.25, 0.3) is 22.2 Å². The number of hydrogen-bond acceptors (Lipinski definition) is 6. The fourth-order valence-corrected chi connectivity index (χ4v) is 4.40. The van der Waals surface area contributed by atoms with Crippen LogP contribution in [0.2, 0.25) is 0 Å². The molecule has 0 atom stereocenters. The Morgan fingerprint density at radius 3 is 2.71 bits per heavy atom. The van der Waals surface area contributed by atoms with Crippen LogP contribution in [-0.4, -0.2) is 38.9 Å². The molecule has 164 valence electrons. The van der Waals surface area contributed by atoms with E-state index in [9.17, 15) is 4.79 Å². The molecule has 31 heavy (non-hydrogen) atoms. The summed E-state index contributed by atoms with van der Waals surface area (Å²) in [5.74, 6) is 1.24. The van der Waals surface area contributed by atoms with Crippen molar-refractivity contribution in [3.8, 4) is 11.3 Å². The van der Waals surface area contributed by atoms with E-state index in [1.165, 1.54) is 38.4 Å². The van der Waals surface area contributed by atoms with Crippen LogP contribution < -0.4 is 5.32 Å². The van der Waals surface area contributed by atoms with E-state index in [0.29, 0.717) is 11.7 Å². The van der Waals surface area contributed by atoms with E-state index in [4.69, 9.17) is 9.72 Å². The summed E-state index contributed by atoms with van der Waals surface area (Å²) >= 11 is 0. The van der Waals surface area contributed by atoms with Crippen molar-refractivity contribution in [3.63, 3.8) is 0 Å². The maximum Gasteiger partial charge on any atom is 0.311 e. The molecule has 1 aliphatic carbocycles. The number of anilines is 1. The van der Waals surface area contributed by atoms with Crippen LogP contribution in [0, 0.1) is 5.92 Å². The van der Waals surface area contributed by atoms with Crippen molar-refractivity contribution in [2.45, 2.75) is 58.4 Å². The second-order valence-corrected chi connectivity index (χ2v) is 8.62. The highest BCUT2D eigenvalue weighted by Gasteiger charge is 2.19. The molecule has 7 heteroatoms. The van der Waals surface area contributed by atoms with Crippen LogP contribution in [0.15, 0.2) is 24.4 Å². The lowest BCUT2D eigenvalue weighted by atomic mass is 9.87. The van der Waals surface area contributed by atoms with Crippen molar-refractivity contribution in [2.24, 2.45) is 13.0 Å². The molecular weight excluding hydrogens is 390 g/mol. The first-order valence-corrected chi connectivity index (χ1v) is 11.1. The number of aromatic nitrogens is 4. The molecule has 7 nitrogen and oxygen atoms in total. The fourth-order valence-electron chi connectivity index (χ4n) is 4.40. The maximum atomic E-state index is 11.6. The van der Waals surface area contributed by atoms with Crippen LogP contribution >= 0.6 is 0 Å². The number of carbonyl (C=O) groups excluding carboxylic acids is 1. The number of methoxy groups -OCH3 is 1. The van der Waals surface area contributed by atoms with Gasteiger partial charge in [-0.05, 0) is 61.8 Å². The van der Waals surface area contributed by atoms with Crippen LogP contribution in [0.1, 0.15) is 50.8 Å². The summed E-state index contributed by atoms with van der Waals surface area (Å²) in [7, 11) is 3.28. The van der Waals surface area contributed by atoms with Crippen LogP contribution in [0.3, 0.4) is 0 Å². The third kappa shape index (κ3) is 4.70. The van der Waals surface area contributed by atoms with Gasteiger partial charge in [-0.1, -0.05) is 13.8 Å². The van der Waals surface area contributed by atoms with E-state index in [0.717, 1.165) is 40.4 Å². The van der Waals surface area contributed by atoms with Gasteiger partial charge >= 0.3 is 5.97 Å². The molecular formula is C24H31N5O2. The third-order valence-corrected chi connectivity index (χ3v) is 6.27. The van der Waals surface area contributed by atoms with Gasteiger partial charge in [-0.15, -0.1) is 0 Å². The third-order valence-electron chi connectivity index (χ3n) is 6.27. The number of aryl methyl sites for hydroxylation is 2. The highest BCUT2D eigenvalue weighted by Crippen LogP contribution is 2.29. The molecule has 0 saturated heterocycles. The topological polar surface area (TPSA) is 81.9 Å². The summed E-state index contributed by atoms with van der Waals surface area (Å²) in [5.41, 5.74) is 4.85. The molecule has 4 rings (SSSR count). The van der Waals surface area contributed by atoms with Gasteiger partial charge in [0.2, 0.25) is 5.95 Å². The number of nitrogens with one attached hydrogen (secondary N) is 1. The van der Waals surface area contributed by atoms with E-state index in [1.807, 2.05) is 19.3 Å². The van der Waals surface area contributed by atoms with Crippen molar-refractivity contribution in [2.75, 3.05) is 12.4 Å². The van der Waals surface area contributed by atoms with Gasteiger partial charge in [0.25, 0.3) is 0 Å². The molecule has 0 amide bonds. The minimum Gasteiger partial charge on any atom is -0.469 e. The van der Waals surface area contributed by atoms with Gasteiger partial charge in [0.1, 0.15) is 0 Å². The molecule has 0 unspecified atom stereocenters. The van der Waals surface area contributed by atoms with Crippen molar-refractivity contribution >= 4 is 22.8 Å². The summed E-state index contributed by atoms with van der Waals surface area (Å²) in [5, 5.41) is 9.02. The first-order valence-electron chi connectivity index (χ1n) is 11.1. The molecule has 3 aromatic rings. The number of hydrogen-bond donors (Lipinski definition) is 1. The average Bonchev–Trinajstić information content (AvgIpc) is 3.14. The van der Waals surface area contributed by atoms with Gasteiger partial charge in [0, 0.05) is 30.2 Å². The second-order valence-electron chi connectivity index (χ2n) is 8.62. The minimum atomic E-state index is -0.293. The first kappa shape index (κ1) is 21.3. The Kier molecular flexibility index (Phi) is 6.20. The zero-order valence-corrected chi connectivity index (χ0v) is 18.8. The molecule has 1 fully saturated rings. The first-order chi connectivity index (χ1) is 15.0. The fraction of sp³-hybridized carbons (Fsp3) is 0.500. The van der Waals surface area contributed by atoms with E-state index in [-0.39, 0.29) is 12.4 Å². The predicted octanol–water partition coefficient (Wildman–Crippen LogP) is 4.30. The largest absolute Gasteiger partial charge is 0.469 e. The lowest BCUT2D eigenvalue weighted by molar-refractivity contribution is -0.139. The molecule has 0 spiro atoms. The Morgan fingerprint density at radius 2 is 2.00 bits per heavy atom. The zero-order valence-electron chi connectivity index (χ0n) is 18.8. The standard InChI is InChI=1S/C24H31N5O2/c1-5-16-10-17(21-12-20(28-29(21)3)13-22(30)31-4)11-18-14-25-24(27-23(16)18)26-19-8-6-15(2)7-9-19/h10-12,14-15,19H,5-9,13H2,1-4H3,(H,25,26,27). The minimum absolute atomic E-state index is 0.163. The number of nitrogens with zero attached hydrogens (tertiary/aromatic N) is 4. The monoisotopic (exact) mass is 421 g/mol. The number of esters is 1. The summed E-state index contributed by atoms with van der Waals surface area (Å²) in [6.45, 7) is 4.47. The van der Waals surface area contributed by atoms with Crippen molar-refractivity contribution in [1.29, 1.82) is 0 Å². The second kappa shape index (κ2) is 9.04. The molecule has 1 N–H and O–H groups in total. The van der Waals surface area contributed by atoms with Gasteiger partial charge in [0.15, 0.2) is 0 Å². The summed E-state index contributed by atoms with van der Waals surface area (Å²) < 4.78 is 6.57. The number of rotatable bonds is 6. The van der Waals surface area contributed by atoms with Gasteiger partial charge in [-0.25, -0.2) is 9.97 Å². The quantitative estimate of drug-likeness (QED) is 0.598. The highest BCUT2D eigenvalue weighted by molar-refractivity contribution is 5.87. The molecule has 1 aromatic carbocycles. The van der Waals surface area contributed by atoms with Crippen molar-refractivity contribution in [1.82, 2.24) is 19.7 Å². The van der Waals surface area contributed by atoms with Gasteiger partial charge in [0.05, 0.1) is 30.4 Å². The number of fused-ring (bicyclic) bond motifs is 1. The zero-order chi connectivity index (χ0) is 22.0. The Labute approximate surface area is 183 Å². The van der Waals surface area contributed by atoms with Gasteiger partial charge < -0.3 is 10.1 Å². The SMILES string of the molecule is CCc1cc(-c2cc(CC(=O)OC)nn2C)cc2cnc(NC3CCC(C)CC3)nc12. The smallest absolute Gasteiger partial charge is 0.311 e. The van der Waals surface area contributed by atoms with Gasteiger partial charge in [-0.2, -0.15) is 5.10 Å². The number of benzene rings is 1. The summed E-state index contributed by atoms with van der Waals surface area (Å²) in [4.78, 5) is 21.1. The van der Waals surface area contributed by atoms with E-state index in [1.54, 1.807) is 4.68 Å². The van der Waals surface area contributed by atoms with Crippen molar-refractivity contribution in [3.05, 3.63) is 35.7 Å². The van der Waals surface area contributed by atoms with Gasteiger partial charge in [-0.3, -0.25) is 9.48 Å². The molecule has 0 bridgehead atoms. The van der Waals surface area contributed by atoms with E-state index in [2.05, 4.69) is 41.4 Å². The average molecular weight is 422 g/mol. The van der Waals surface area contributed by atoms with E-state index >= 15 is 0 Å². The Morgan fingerprint density at radius 1 is 1.23 bits per heavy atom. The normalized spacial score (nSPS) is 18.8. The van der Waals surface area contributed by atoms with E-state index < -0.39 is 0 Å². The lowest BCUT2D eigenvalue weighted by Crippen LogP contribution is -2.26.